The summed E-state index contributed by atoms with van der Waals surface area (Å²) < 4.78 is 36.1. The third-order valence-electron chi connectivity index (χ3n) is 3.50. The fourth-order valence-corrected chi connectivity index (χ4v) is 2.36. The van der Waals surface area contributed by atoms with Gasteiger partial charge in [0.25, 0.3) is 6.43 Å². The molecule has 21 heavy (non-hydrogen) atoms. The predicted octanol–water partition coefficient (Wildman–Crippen LogP) is 3.30. The van der Waals surface area contributed by atoms with Crippen molar-refractivity contribution in [1.82, 2.24) is 5.32 Å². The quantitative estimate of drug-likeness (QED) is 0.710. The summed E-state index contributed by atoms with van der Waals surface area (Å²) in [5.41, 5.74) is 0.960. The Balaban J connectivity index is 1.52. The lowest BCUT2D eigenvalue weighted by atomic mass is 10.1. The molecule has 0 aromatic heterocycles. The van der Waals surface area contributed by atoms with Gasteiger partial charge in [-0.3, -0.25) is 0 Å². The fraction of sp³-hybridized carbons (Fsp3) is 0.625. The van der Waals surface area contributed by atoms with Crippen LogP contribution in [-0.2, 0) is 16.0 Å². The summed E-state index contributed by atoms with van der Waals surface area (Å²) in [5, 5.41) is 3.24. The minimum absolute atomic E-state index is 0.0780. The molecule has 0 amide bonds. The smallest absolute Gasteiger partial charge is 0.263 e. The Morgan fingerprint density at radius 1 is 1.38 bits per heavy atom. The number of hydrogen-bond donors (Lipinski definition) is 1. The SMILES string of the molecule is FC(F)c1cccc(CNCCCOCC2CCCO2)c1. The van der Waals surface area contributed by atoms with Gasteiger partial charge in [0, 0.05) is 25.3 Å². The summed E-state index contributed by atoms with van der Waals surface area (Å²) >= 11 is 0. The maximum Gasteiger partial charge on any atom is 0.263 e. The molecule has 0 saturated carbocycles. The zero-order valence-electron chi connectivity index (χ0n) is 12.2. The second-order valence-electron chi connectivity index (χ2n) is 5.29. The third-order valence-corrected chi connectivity index (χ3v) is 3.50. The first-order valence-electron chi connectivity index (χ1n) is 7.53. The third kappa shape index (κ3) is 6.08. The van der Waals surface area contributed by atoms with Crippen LogP contribution in [0.15, 0.2) is 24.3 Å². The molecule has 5 heteroatoms. The summed E-state index contributed by atoms with van der Waals surface area (Å²) in [4.78, 5) is 0. The van der Waals surface area contributed by atoms with E-state index < -0.39 is 6.43 Å². The number of halogens is 2. The van der Waals surface area contributed by atoms with Crippen LogP contribution in [0, 0.1) is 0 Å². The molecular weight excluding hydrogens is 276 g/mol. The Bertz CT molecular complexity index is 409. The van der Waals surface area contributed by atoms with E-state index in [4.69, 9.17) is 9.47 Å². The van der Waals surface area contributed by atoms with Crippen molar-refractivity contribution in [3.05, 3.63) is 35.4 Å². The van der Waals surface area contributed by atoms with Crippen LogP contribution >= 0.6 is 0 Å². The molecule has 1 fully saturated rings. The van der Waals surface area contributed by atoms with Crippen molar-refractivity contribution in [2.75, 3.05) is 26.4 Å². The molecule has 0 radical (unpaired) electrons. The number of nitrogens with one attached hydrogen (secondary N) is 1. The lowest BCUT2D eigenvalue weighted by Gasteiger charge is -2.10. The van der Waals surface area contributed by atoms with E-state index >= 15 is 0 Å². The van der Waals surface area contributed by atoms with Crippen LogP contribution in [0.3, 0.4) is 0 Å². The van der Waals surface area contributed by atoms with Crippen LogP contribution in [0.25, 0.3) is 0 Å². The van der Waals surface area contributed by atoms with E-state index in [1.165, 1.54) is 6.07 Å². The summed E-state index contributed by atoms with van der Waals surface area (Å²) in [6.45, 7) is 3.64. The molecular formula is C16H23F2NO2. The number of rotatable bonds is 9. The molecule has 1 aromatic carbocycles. The van der Waals surface area contributed by atoms with Crippen molar-refractivity contribution in [2.24, 2.45) is 0 Å². The maximum absolute atomic E-state index is 12.6. The molecule has 0 aliphatic carbocycles. The summed E-state index contributed by atoms with van der Waals surface area (Å²) in [5.74, 6) is 0. The van der Waals surface area contributed by atoms with Gasteiger partial charge >= 0.3 is 0 Å². The predicted molar refractivity (Wildman–Crippen MR) is 77.5 cm³/mol. The Morgan fingerprint density at radius 2 is 2.29 bits per heavy atom. The standard InChI is InChI=1S/C16H23F2NO2/c17-16(18)14-5-1-4-13(10-14)11-19-7-3-8-20-12-15-6-2-9-21-15/h1,4-5,10,15-16,19H,2-3,6-9,11-12H2. The molecule has 3 nitrogen and oxygen atoms in total. The van der Waals surface area contributed by atoms with Crippen molar-refractivity contribution in [2.45, 2.75) is 38.3 Å². The van der Waals surface area contributed by atoms with Gasteiger partial charge in [0.2, 0.25) is 0 Å². The lowest BCUT2D eigenvalue weighted by molar-refractivity contribution is 0.0166. The molecule has 1 saturated heterocycles. The van der Waals surface area contributed by atoms with Crippen molar-refractivity contribution in [1.29, 1.82) is 0 Å². The number of alkyl halides is 2. The Kier molecular flexibility index (Phi) is 7.06. The summed E-state index contributed by atoms with van der Waals surface area (Å²) in [6, 6.07) is 6.52. The Hall–Kier alpha value is -1.04. The van der Waals surface area contributed by atoms with E-state index in [-0.39, 0.29) is 11.7 Å². The van der Waals surface area contributed by atoms with Crippen molar-refractivity contribution in [3.8, 4) is 0 Å². The summed E-state index contributed by atoms with van der Waals surface area (Å²) in [7, 11) is 0. The highest BCUT2D eigenvalue weighted by Gasteiger charge is 2.14. The summed E-state index contributed by atoms with van der Waals surface area (Å²) in [6.07, 6.45) is 0.999. The highest BCUT2D eigenvalue weighted by atomic mass is 19.3. The van der Waals surface area contributed by atoms with E-state index in [2.05, 4.69) is 5.32 Å². The van der Waals surface area contributed by atoms with E-state index in [9.17, 15) is 8.78 Å². The fourth-order valence-electron chi connectivity index (χ4n) is 2.36. The average Bonchev–Trinajstić information content (AvgIpc) is 3.00. The molecule has 0 spiro atoms. The minimum atomic E-state index is -2.41. The van der Waals surface area contributed by atoms with Crippen LogP contribution in [0.2, 0.25) is 0 Å². The van der Waals surface area contributed by atoms with E-state index in [1.807, 2.05) is 6.07 Å². The van der Waals surface area contributed by atoms with Gasteiger partial charge in [-0.05, 0) is 37.4 Å². The van der Waals surface area contributed by atoms with Crippen molar-refractivity contribution >= 4 is 0 Å². The van der Waals surface area contributed by atoms with E-state index in [1.54, 1.807) is 12.1 Å². The van der Waals surface area contributed by atoms with E-state index in [0.717, 1.165) is 38.0 Å². The van der Waals surface area contributed by atoms with Crippen molar-refractivity contribution < 1.29 is 18.3 Å². The topological polar surface area (TPSA) is 30.5 Å². The molecule has 0 bridgehead atoms. The minimum Gasteiger partial charge on any atom is -0.379 e. The van der Waals surface area contributed by atoms with Crippen LogP contribution < -0.4 is 5.32 Å². The molecule has 2 rings (SSSR count). The highest BCUT2D eigenvalue weighted by molar-refractivity contribution is 5.24. The second kappa shape index (κ2) is 9.07. The first kappa shape index (κ1) is 16.3. The molecule has 1 heterocycles. The molecule has 1 atom stereocenters. The first-order chi connectivity index (χ1) is 10.3. The van der Waals surface area contributed by atoms with Crippen LogP contribution in [0.4, 0.5) is 8.78 Å². The van der Waals surface area contributed by atoms with E-state index in [0.29, 0.717) is 19.8 Å². The van der Waals surface area contributed by atoms with Crippen LogP contribution in [0.5, 0.6) is 0 Å². The molecule has 1 N–H and O–H groups in total. The zero-order chi connectivity index (χ0) is 14.9. The molecule has 1 aromatic rings. The number of ether oxygens (including phenoxy) is 2. The van der Waals surface area contributed by atoms with Gasteiger partial charge in [-0.2, -0.15) is 0 Å². The van der Waals surface area contributed by atoms with Crippen LogP contribution in [0.1, 0.15) is 36.8 Å². The molecule has 1 unspecified atom stereocenters. The van der Waals surface area contributed by atoms with Gasteiger partial charge in [0.1, 0.15) is 0 Å². The molecule has 1 aliphatic heterocycles. The maximum atomic E-state index is 12.6. The highest BCUT2D eigenvalue weighted by Crippen LogP contribution is 2.19. The Labute approximate surface area is 124 Å². The number of benzene rings is 1. The van der Waals surface area contributed by atoms with Gasteiger partial charge in [-0.15, -0.1) is 0 Å². The largest absolute Gasteiger partial charge is 0.379 e. The molecule has 1 aliphatic rings. The van der Waals surface area contributed by atoms with Gasteiger partial charge in [0.05, 0.1) is 12.7 Å². The second-order valence-corrected chi connectivity index (χ2v) is 5.29. The van der Waals surface area contributed by atoms with Gasteiger partial charge in [-0.25, -0.2) is 8.78 Å². The Morgan fingerprint density at radius 3 is 3.05 bits per heavy atom. The zero-order valence-corrected chi connectivity index (χ0v) is 12.2. The van der Waals surface area contributed by atoms with Gasteiger partial charge in [-0.1, -0.05) is 18.2 Å². The van der Waals surface area contributed by atoms with Crippen molar-refractivity contribution in [3.63, 3.8) is 0 Å². The van der Waals surface area contributed by atoms with Gasteiger partial charge in [0.15, 0.2) is 0 Å². The molecule has 118 valence electrons. The average molecular weight is 299 g/mol. The monoisotopic (exact) mass is 299 g/mol. The van der Waals surface area contributed by atoms with Crippen LogP contribution in [-0.4, -0.2) is 32.5 Å². The lowest BCUT2D eigenvalue weighted by Crippen LogP contribution is -2.19. The normalized spacial score (nSPS) is 18.5. The van der Waals surface area contributed by atoms with Gasteiger partial charge < -0.3 is 14.8 Å². The first-order valence-corrected chi connectivity index (χ1v) is 7.53. The number of hydrogen-bond acceptors (Lipinski definition) is 3.